The molecule has 0 bridgehead atoms. The van der Waals surface area contributed by atoms with Crippen LogP contribution in [0.15, 0.2) is 42.5 Å². The molecule has 160 valence electrons. The SMILES string of the molecule is Cc1cc(C)cc(C(=O)NCC(=O)NCc2ccccc2CN2CCC(O)CC2)c1. The van der Waals surface area contributed by atoms with E-state index in [0.717, 1.165) is 49.2 Å². The molecule has 2 aromatic carbocycles. The molecule has 0 atom stereocenters. The summed E-state index contributed by atoms with van der Waals surface area (Å²) in [6.07, 6.45) is 1.42. The molecule has 1 fully saturated rings. The molecule has 30 heavy (non-hydrogen) atoms. The van der Waals surface area contributed by atoms with Gasteiger partial charge in [-0.15, -0.1) is 0 Å². The van der Waals surface area contributed by atoms with Gasteiger partial charge in [-0.25, -0.2) is 0 Å². The minimum atomic E-state index is -0.246. The quantitative estimate of drug-likeness (QED) is 0.656. The maximum atomic E-state index is 12.3. The number of hydrogen-bond donors (Lipinski definition) is 3. The highest BCUT2D eigenvalue weighted by Gasteiger charge is 2.18. The molecular weight excluding hydrogens is 378 g/mol. The predicted molar refractivity (Wildman–Crippen MR) is 117 cm³/mol. The number of carbonyl (C=O) groups excluding carboxylic acids is 2. The van der Waals surface area contributed by atoms with Crippen molar-refractivity contribution in [2.45, 2.75) is 45.9 Å². The van der Waals surface area contributed by atoms with Gasteiger partial charge in [0.15, 0.2) is 0 Å². The van der Waals surface area contributed by atoms with Crippen LogP contribution in [0.5, 0.6) is 0 Å². The van der Waals surface area contributed by atoms with Crippen molar-refractivity contribution < 1.29 is 14.7 Å². The predicted octanol–water partition coefficient (Wildman–Crippen LogP) is 2.31. The number of amides is 2. The number of aliphatic hydroxyl groups excluding tert-OH is 1. The lowest BCUT2D eigenvalue weighted by Crippen LogP contribution is -2.37. The zero-order valence-electron chi connectivity index (χ0n) is 17.8. The molecular formula is C24H31N3O3. The third kappa shape index (κ3) is 6.40. The summed E-state index contributed by atoms with van der Waals surface area (Å²) in [4.78, 5) is 26.9. The molecule has 3 rings (SSSR count). The van der Waals surface area contributed by atoms with E-state index in [1.54, 1.807) is 0 Å². The summed E-state index contributed by atoms with van der Waals surface area (Å²) < 4.78 is 0. The molecule has 0 radical (unpaired) electrons. The largest absolute Gasteiger partial charge is 0.393 e. The Labute approximate surface area is 178 Å². The van der Waals surface area contributed by atoms with Gasteiger partial charge in [-0.1, -0.05) is 41.5 Å². The number of aliphatic hydroxyl groups is 1. The Morgan fingerprint density at radius 1 is 1.00 bits per heavy atom. The van der Waals surface area contributed by atoms with Crippen LogP contribution in [0.1, 0.15) is 45.5 Å². The van der Waals surface area contributed by atoms with Crippen molar-refractivity contribution >= 4 is 11.8 Å². The fourth-order valence-electron chi connectivity index (χ4n) is 3.83. The second kappa shape index (κ2) is 10.4. The highest BCUT2D eigenvalue weighted by Crippen LogP contribution is 2.16. The number of likely N-dealkylation sites (tertiary alicyclic amines) is 1. The van der Waals surface area contributed by atoms with Gasteiger partial charge in [-0.3, -0.25) is 14.5 Å². The second-order valence-corrected chi connectivity index (χ2v) is 8.11. The minimum absolute atomic E-state index is 0.0575. The third-order valence-electron chi connectivity index (χ3n) is 5.44. The number of nitrogens with one attached hydrogen (secondary N) is 2. The van der Waals surface area contributed by atoms with E-state index in [2.05, 4.69) is 21.6 Å². The summed E-state index contributed by atoms with van der Waals surface area (Å²) in [6, 6.07) is 13.7. The van der Waals surface area contributed by atoms with Crippen molar-refractivity contribution in [1.29, 1.82) is 0 Å². The van der Waals surface area contributed by atoms with Crippen LogP contribution in [0.2, 0.25) is 0 Å². The molecule has 1 heterocycles. The average molecular weight is 410 g/mol. The number of carbonyl (C=O) groups is 2. The maximum Gasteiger partial charge on any atom is 0.251 e. The molecule has 0 aliphatic carbocycles. The summed E-state index contributed by atoms with van der Waals surface area (Å²) in [5, 5.41) is 15.3. The van der Waals surface area contributed by atoms with Crippen molar-refractivity contribution in [1.82, 2.24) is 15.5 Å². The molecule has 6 nitrogen and oxygen atoms in total. The topological polar surface area (TPSA) is 81.7 Å². The van der Waals surface area contributed by atoms with E-state index < -0.39 is 0 Å². The fraction of sp³-hybridized carbons (Fsp3) is 0.417. The zero-order valence-corrected chi connectivity index (χ0v) is 17.8. The van der Waals surface area contributed by atoms with E-state index >= 15 is 0 Å². The van der Waals surface area contributed by atoms with Gasteiger partial charge in [0.25, 0.3) is 5.91 Å². The van der Waals surface area contributed by atoms with Crippen LogP contribution in [0.3, 0.4) is 0 Å². The highest BCUT2D eigenvalue weighted by molar-refractivity contribution is 5.96. The second-order valence-electron chi connectivity index (χ2n) is 8.11. The monoisotopic (exact) mass is 409 g/mol. The summed E-state index contributed by atoms with van der Waals surface area (Å²) in [6.45, 7) is 6.82. The number of piperidine rings is 1. The van der Waals surface area contributed by atoms with Gasteiger partial charge < -0.3 is 15.7 Å². The molecule has 2 amide bonds. The smallest absolute Gasteiger partial charge is 0.251 e. The minimum Gasteiger partial charge on any atom is -0.393 e. The van der Waals surface area contributed by atoms with Crippen LogP contribution in [0.25, 0.3) is 0 Å². The Hall–Kier alpha value is -2.70. The Bertz CT molecular complexity index is 869. The average Bonchev–Trinajstić information content (AvgIpc) is 2.72. The van der Waals surface area contributed by atoms with Crippen molar-refractivity contribution in [3.05, 3.63) is 70.3 Å². The molecule has 0 unspecified atom stereocenters. The first kappa shape index (κ1) is 22.0. The number of nitrogens with zero attached hydrogens (tertiary/aromatic N) is 1. The van der Waals surface area contributed by atoms with Gasteiger partial charge in [0.05, 0.1) is 12.6 Å². The molecule has 1 saturated heterocycles. The van der Waals surface area contributed by atoms with E-state index in [4.69, 9.17) is 0 Å². The Morgan fingerprint density at radius 3 is 2.30 bits per heavy atom. The van der Waals surface area contributed by atoms with Gasteiger partial charge in [-0.05, 0) is 49.9 Å². The number of aryl methyl sites for hydroxylation is 2. The molecule has 3 N–H and O–H groups in total. The normalized spacial score (nSPS) is 15.0. The van der Waals surface area contributed by atoms with Gasteiger partial charge in [0.2, 0.25) is 5.91 Å². The summed E-state index contributed by atoms with van der Waals surface area (Å²) in [5.74, 6) is -0.465. The molecule has 0 aromatic heterocycles. The lowest BCUT2D eigenvalue weighted by atomic mass is 10.0. The molecule has 1 aliphatic heterocycles. The molecule has 2 aromatic rings. The van der Waals surface area contributed by atoms with Crippen LogP contribution < -0.4 is 10.6 Å². The summed E-state index contributed by atoms with van der Waals surface area (Å²) >= 11 is 0. The Morgan fingerprint density at radius 2 is 1.63 bits per heavy atom. The maximum absolute atomic E-state index is 12.3. The van der Waals surface area contributed by atoms with Crippen LogP contribution in [0, 0.1) is 13.8 Å². The first-order valence-electron chi connectivity index (χ1n) is 10.5. The van der Waals surface area contributed by atoms with Crippen LogP contribution in [-0.4, -0.2) is 47.6 Å². The third-order valence-corrected chi connectivity index (χ3v) is 5.44. The van der Waals surface area contributed by atoms with E-state index in [0.29, 0.717) is 12.1 Å². The standard InChI is InChI=1S/C24H31N3O3/c1-17-11-18(2)13-21(12-17)24(30)26-15-23(29)25-14-19-5-3-4-6-20(19)16-27-9-7-22(28)8-10-27/h3-6,11-13,22,28H,7-10,14-16H2,1-2H3,(H,25,29)(H,26,30). The molecule has 0 saturated carbocycles. The summed E-state index contributed by atoms with van der Waals surface area (Å²) in [7, 11) is 0. The van der Waals surface area contributed by atoms with Gasteiger partial charge in [0.1, 0.15) is 0 Å². The lowest BCUT2D eigenvalue weighted by molar-refractivity contribution is -0.120. The Balaban J connectivity index is 1.49. The number of hydrogen-bond acceptors (Lipinski definition) is 4. The van der Waals surface area contributed by atoms with Crippen molar-refractivity contribution in [3.8, 4) is 0 Å². The number of rotatable bonds is 7. The molecule has 1 aliphatic rings. The van der Waals surface area contributed by atoms with Gasteiger partial charge in [-0.2, -0.15) is 0 Å². The van der Waals surface area contributed by atoms with Crippen LogP contribution in [0.4, 0.5) is 0 Å². The fourth-order valence-corrected chi connectivity index (χ4v) is 3.83. The van der Waals surface area contributed by atoms with Crippen molar-refractivity contribution in [2.24, 2.45) is 0 Å². The van der Waals surface area contributed by atoms with Crippen molar-refractivity contribution in [3.63, 3.8) is 0 Å². The highest BCUT2D eigenvalue weighted by atomic mass is 16.3. The first-order chi connectivity index (χ1) is 14.4. The van der Waals surface area contributed by atoms with E-state index in [1.807, 2.05) is 50.2 Å². The van der Waals surface area contributed by atoms with E-state index in [9.17, 15) is 14.7 Å². The van der Waals surface area contributed by atoms with Crippen LogP contribution >= 0.6 is 0 Å². The summed E-state index contributed by atoms with van der Waals surface area (Å²) in [5.41, 5.74) is 4.84. The zero-order chi connectivity index (χ0) is 21.5. The van der Waals surface area contributed by atoms with E-state index in [-0.39, 0.29) is 24.5 Å². The van der Waals surface area contributed by atoms with Crippen molar-refractivity contribution in [2.75, 3.05) is 19.6 Å². The van der Waals surface area contributed by atoms with Gasteiger partial charge >= 0.3 is 0 Å². The lowest BCUT2D eigenvalue weighted by Gasteiger charge is -2.30. The first-order valence-corrected chi connectivity index (χ1v) is 10.5. The van der Waals surface area contributed by atoms with Gasteiger partial charge in [0, 0.05) is 31.7 Å². The van der Waals surface area contributed by atoms with E-state index in [1.165, 1.54) is 5.56 Å². The van der Waals surface area contributed by atoms with Crippen LogP contribution in [-0.2, 0) is 17.9 Å². The number of benzene rings is 2. The molecule has 0 spiro atoms. The molecule has 6 heteroatoms. The Kier molecular flexibility index (Phi) is 7.60.